The van der Waals surface area contributed by atoms with Crippen molar-refractivity contribution in [2.24, 2.45) is 0 Å². The second-order valence-electron chi connectivity index (χ2n) is 6.43. The van der Waals surface area contributed by atoms with E-state index < -0.39 is 0 Å². The first-order chi connectivity index (χ1) is 12.5. The lowest BCUT2D eigenvalue weighted by atomic mass is 10.1. The first kappa shape index (κ1) is 16.8. The Labute approximate surface area is 156 Å². The summed E-state index contributed by atoms with van der Waals surface area (Å²) >= 11 is 1.66. The molecule has 6 heteroatoms. The summed E-state index contributed by atoms with van der Waals surface area (Å²) in [5, 5.41) is 9.64. The van der Waals surface area contributed by atoms with E-state index in [0.29, 0.717) is 0 Å². The highest BCUT2D eigenvalue weighted by atomic mass is 32.2. The molecule has 1 aromatic carbocycles. The van der Waals surface area contributed by atoms with Gasteiger partial charge >= 0.3 is 0 Å². The zero-order valence-corrected chi connectivity index (χ0v) is 16.1. The topological polar surface area (TPSA) is 56.2 Å². The number of benzene rings is 1. The van der Waals surface area contributed by atoms with Crippen molar-refractivity contribution in [3.63, 3.8) is 0 Å². The number of imidazole rings is 1. The molecule has 0 unspecified atom stereocenters. The number of nitrogens with zero attached hydrogens (tertiary/aromatic N) is 4. The maximum Gasteiger partial charge on any atom is 0.190 e. The minimum Gasteiger partial charge on any atom is -0.361 e. The Balaban J connectivity index is 1.82. The first-order valence-corrected chi connectivity index (χ1v) is 9.50. The Kier molecular flexibility index (Phi) is 4.28. The molecule has 0 aliphatic rings. The second-order valence-corrected chi connectivity index (χ2v) is 7.37. The molecule has 26 heavy (non-hydrogen) atoms. The van der Waals surface area contributed by atoms with E-state index >= 15 is 0 Å². The van der Waals surface area contributed by atoms with Gasteiger partial charge in [-0.25, -0.2) is 9.50 Å². The van der Waals surface area contributed by atoms with Crippen LogP contribution < -0.4 is 0 Å². The Hall–Kier alpha value is -2.60. The quantitative estimate of drug-likeness (QED) is 0.482. The highest BCUT2D eigenvalue weighted by molar-refractivity contribution is 7.98. The molecule has 132 valence electrons. The molecule has 0 aliphatic carbocycles. The van der Waals surface area contributed by atoms with Crippen molar-refractivity contribution in [1.29, 1.82) is 0 Å². The van der Waals surface area contributed by atoms with Gasteiger partial charge in [0.15, 0.2) is 5.16 Å². The number of hydrogen-bond donors (Lipinski definition) is 0. The molecule has 0 bridgehead atoms. The summed E-state index contributed by atoms with van der Waals surface area (Å²) in [5.41, 5.74) is 7.33. The highest BCUT2D eigenvalue weighted by Gasteiger charge is 2.18. The number of aromatic nitrogens is 4. The largest absolute Gasteiger partial charge is 0.361 e. The summed E-state index contributed by atoms with van der Waals surface area (Å²) in [5.74, 6) is 1.61. The number of hydrogen-bond acceptors (Lipinski definition) is 5. The molecule has 0 fully saturated rings. The summed E-state index contributed by atoms with van der Waals surface area (Å²) in [6.07, 6.45) is 0. The van der Waals surface area contributed by atoms with Gasteiger partial charge in [0.2, 0.25) is 0 Å². The number of thioether (sulfide) groups is 1. The Morgan fingerprint density at radius 2 is 1.85 bits per heavy atom. The van der Waals surface area contributed by atoms with Crippen molar-refractivity contribution >= 4 is 17.3 Å². The summed E-state index contributed by atoms with van der Waals surface area (Å²) in [6.45, 7) is 8.04. The molecular weight excluding hydrogens is 344 g/mol. The molecule has 0 amide bonds. The molecule has 0 saturated heterocycles. The average Bonchev–Trinajstić information content (AvgIpc) is 3.14. The van der Waals surface area contributed by atoms with Crippen molar-refractivity contribution in [2.75, 3.05) is 0 Å². The van der Waals surface area contributed by atoms with Gasteiger partial charge in [0.05, 0.1) is 22.6 Å². The summed E-state index contributed by atoms with van der Waals surface area (Å²) in [4.78, 5) is 4.93. The Bertz CT molecular complexity index is 1060. The molecule has 5 nitrogen and oxygen atoms in total. The zero-order valence-electron chi connectivity index (χ0n) is 15.3. The predicted molar refractivity (Wildman–Crippen MR) is 103 cm³/mol. The van der Waals surface area contributed by atoms with E-state index in [1.54, 1.807) is 11.8 Å². The normalized spacial score (nSPS) is 11.4. The lowest BCUT2D eigenvalue weighted by molar-refractivity contribution is 0.392. The summed E-state index contributed by atoms with van der Waals surface area (Å²) < 4.78 is 7.25. The third-order valence-electron chi connectivity index (χ3n) is 4.46. The van der Waals surface area contributed by atoms with Gasteiger partial charge in [-0.1, -0.05) is 47.3 Å². The van der Waals surface area contributed by atoms with Crippen LogP contribution >= 0.6 is 11.8 Å². The fourth-order valence-corrected chi connectivity index (χ4v) is 4.24. The van der Waals surface area contributed by atoms with E-state index in [1.807, 2.05) is 43.5 Å². The van der Waals surface area contributed by atoms with Crippen LogP contribution in [0.1, 0.15) is 28.3 Å². The van der Waals surface area contributed by atoms with Gasteiger partial charge in [-0.05, 0) is 39.3 Å². The van der Waals surface area contributed by atoms with Crippen LogP contribution in [0, 0.1) is 27.7 Å². The molecule has 0 N–H and O–H groups in total. The van der Waals surface area contributed by atoms with Crippen LogP contribution in [0.3, 0.4) is 0 Å². The molecule has 0 radical (unpaired) electrons. The molecule has 0 aliphatic heterocycles. The van der Waals surface area contributed by atoms with Gasteiger partial charge < -0.3 is 4.52 Å². The van der Waals surface area contributed by atoms with E-state index in [0.717, 1.165) is 50.4 Å². The second kappa shape index (κ2) is 6.61. The van der Waals surface area contributed by atoms with Crippen LogP contribution in [-0.2, 0) is 5.75 Å². The monoisotopic (exact) mass is 364 g/mol. The molecule has 4 rings (SSSR count). The van der Waals surface area contributed by atoms with Crippen LogP contribution in [0.25, 0.3) is 16.8 Å². The molecule has 0 atom stereocenters. The average molecular weight is 364 g/mol. The first-order valence-electron chi connectivity index (χ1n) is 8.51. The number of rotatable bonds is 4. The maximum absolute atomic E-state index is 5.28. The van der Waals surface area contributed by atoms with E-state index in [1.165, 1.54) is 5.56 Å². The molecule has 4 aromatic rings. The lowest BCUT2D eigenvalue weighted by Gasteiger charge is -2.04. The van der Waals surface area contributed by atoms with Gasteiger partial charge in [-0.3, -0.25) is 0 Å². The number of fused-ring (bicyclic) bond motifs is 1. The van der Waals surface area contributed by atoms with Crippen molar-refractivity contribution in [1.82, 2.24) is 19.8 Å². The minimum absolute atomic E-state index is 0.753. The third-order valence-corrected chi connectivity index (χ3v) is 5.41. The molecular formula is C20H20N4OS. The van der Waals surface area contributed by atoms with E-state index in [9.17, 15) is 0 Å². The molecule has 3 heterocycles. The van der Waals surface area contributed by atoms with Crippen LogP contribution in [0.2, 0.25) is 0 Å². The van der Waals surface area contributed by atoms with Crippen LogP contribution in [0.5, 0.6) is 0 Å². The van der Waals surface area contributed by atoms with Gasteiger partial charge in [0.1, 0.15) is 5.76 Å². The Morgan fingerprint density at radius 1 is 1.08 bits per heavy atom. The fraction of sp³-hybridized carbons (Fsp3) is 0.250. The van der Waals surface area contributed by atoms with Crippen molar-refractivity contribution in [3.8, 4) is 11.3 Å². The zero-order chi connectivity index (χ0) is 18.3. The van der Waals surface area contributed by atoms with E-state index in [4.69, 9.17) is 14.6 Å². The summed E-state index contributed by atoms with van der Waals surface area (Å²) in [6, 6.07) is 12.4. The molecule has 0 saturated carbocycles. The van der Waals surface area contributed by atoms with Crippen molar-refractivity contribution < 1.29 is 4.52 Å². The fourth-order valence-electron chi connectivity index (χ4n) is 3.14. The summed E-state index contributed by atoms with van der Waals surface area (Å²) in [7, 11) is 0. The number of aryl methyl sites for hydroxylation is 4. The smallest absolute Gasteiger partial charge is 0.190 e. The lowest BCUT2D eigenvalue weighted by Crippen LogP contribution is -1.98. The molecule has 0 spiro atoms. The third kappa shape index (κ3) is 2.90. The van der Waals surface area contributed by atoms with Gasteiger partial charge in [-0.2, -0.15) is 5.10 Å². The molecule has 3 aromatic heterocycles. The highest BCUT2D eigenvalue weighted by Crippen LogP contribution is 2.32. The van der Waals surface area contributed by atoms with E-state index in [-0.39, 0.29) is 0 Å². The van der Waals surface area contributed by atoms with Crippen LogP contribution in [0.4, 0.5) is 0 Å². The minimum atomic E-state index is 0.753. The van der Waals surface area contributed by atoms with Gasteiger partial charge in [-0.15, -0.1) is 0 Å². The van der Waals surface area contributed by atoms with Gasteiger partial charge in [0, 0.05) is 16.9 Å². The van der Waals surface area contributed by atoms with Crippen LogP contribution in [-0.4, -0.2) is 19.8 Å². The van der Waals surface area contributed by atoms with Crippen molar-refractivity contribution in [2.45, 2.75) is 38.6 Å². The van der Waals surface area contributed by atoms with Gasteiger partial charge in [0.25, 0.3) is 0 Å². The van der Waals surface area contributed by atoms with Crippen molar-refractivity contribution in [3.05, 3.63) is 64.7 Å². The standard InChI is InChI=1S/C20H20N4OS/c1-12-10-13(2)22-24-19(12)18(16-8-6-5-7-9-16)21-20(24)26-11-17-14(3)23-25-15(17)4/h5-10H,11H2,1-4H3. The van der Waals surface area contributed by atoms with Crippen LogP contribution in [0.15, 0.2) is 46.1 Å². The predicted octanol–water partition coefficient (Wildman–Crippen LogP) is 4.91. The maximum atomic E-state index is 5.28. The SMILES string of the molecule is Cc1cc(C)c2c(-c3ccccc3)nc(SCc3c(C)noc3C)n2n1. The Morgan fingerprint density at radius 3 is 2.54 bits per heavy atom. The van der Waals surface area contributed by atoms with E-state index in [2.05, 4.69) is 30.3 Å².